The number of carbonyl (C=O) groups excluding carboxylic acids is 2. The molecule has 8 nitrogen and oxygen atoms in total. The second-order valence-electron chi connectivity index (χ2n) is 6.44. The van der Waals surface area contributed by atoms with Gasteiger partial charge in [0.2, 0.25) is 11.8 Å². The Balaban J connectivity index is 1.78. The third-order valence-corrected chi connectivity index (χ3v) is 4.51. The standard InChI is InChI=1S/C19H20N4O4/c20-19(25)14-5-8-17(22-9-1-2-10-22)16(12-14)21-18(24)11-13-3-6-15(7-4-13)23(26)27/h3-8,12H,1-2,9-11H2,(H2,20,25)(H,21,24). The molecule has 1 saturated heterocycles. The van der Waals surface area contributed by atoms with E-state index in [1.165, 1.54) is 12.1 Å². The van der Waals surface area contributed by atoms with Gasteiger partial charge in [0.25, 0.3) is 5.69 Å². The molecule has 0 atom stereocenters. The molecule has 1 aliphatic rings. The van der Waals surface area contributed by atoms with Crippen LogP contribution in [0.2, 0.25) is 0 Å². The number of nitrogens with zero attached hydrogens (tertiary/aromatic N) is 2. The zero-order valence-corrected chi connectivity index (χ0v) is 14.7. The molecule has 1 aliphatic heterocycles. The van der Waals surface area contributed by atoms with Crippen molar-refractivity contribution in [2.75, 3.05) is 23.3 Å². The highest BCUT2D eigenvalue weighted by molar-refractivity contribution is 5.99. The summed E-state index contributed by atoms with van der Waals surface area (Å²) in [5, 5.41) is 13.6. The summed E-state index contributed by atoms with van der Waals surface area (Å²) in [6.45, 7) is 1.78. The molecule has 0 aliphatic carbocycles. The lowest BCUT2D eigenvalue weighted by atomic mass is 10.1. The van der Waals surface area contributed by atoms with E-state index in [1.807, 2.05) is 0 Å². The Morgan fingerprint density at radius 3 is 2.37 bits per heavy atom. The minimum atomic E-state index is -0.561. The van der Waals surface area contributed by atoms with Crippen LogP contribution in [-0.4, -0.2) is 29.8 Å². The minimum absolute atomic E-state index is 0.0235. The van der Waals surface area contributed by atoms with Crippen LogP contribution in [0.1, 0.15) is 28.8 Å². The van der Waals surface area contributed by atoms with Crippen molar-refractivity contribution in [2.45, 2.75) is 19.3 Å². The Morgan fingerprint density at radius 2 is 1.78 bits per heavy atom. The summed E-state index contributed by atoms with van der Waals surface area (Å²) in [5.41, 5.74) is 7.72. The lowest BCUT2D eigenvalue weighted by Gasteiger charge is -2.22. The molecule has 8 heteroatoms. The average molecular weight is 368 g/mol. The summed E-state index contributed by atoms with van der Waals surface area (Å²) in [5.74, 6) is -0.834. The fourth-order valence-corrected chi connectivity index (χ4v) is 3.14. The molecule has 27 heavy (non-hydrogen) atoms. The zero-order valence-electron chi connectivity index (χ0n) is 14.7. The third kappa shape index (κ3) is 4.41. The molecule has 2 amide bonds. The summed E-state index contributed by atoms with van der Waals surface area (Å²) in [6, 6.07) is 10.9. The molecule has 0 saturated carbocycles. The van der Waals surface area contributed by atoms with Crippen LogP contribution in [0, 0.1) is 10.1 Å². The van der Waals surface area contributed by atoms with Crippen LogP contribution in [0.4, 0.5) is 17.1 Å². The Hall–Kier alpha value is -3.42. The largest absolute Gasteiger partial charge is 0.370 e. The van der Waals surface area contributed by atoms with E-state index >= 15 is 0 Å². The highest BCUT2D eigenvalue weighted by atomic mass is 16.6. The van der Waals surface area contributed by atoms with Crippen molar-refractivity contribution in [1.82, 2.24) is 0 Å². The van der Waals surface area contributed by atoms with Crippen LogP contribution >= 0.6 is 0 Å². The number of hydrogen-bond donors (Lipinski definition) is 2. The number of nitrogens with one attached hydrogen (secondary N) is 1. The quantitative estimate of drug-likeness (QED) is 0.600. The van der Waals surface area contributed by atoms with E-state index in [9.17, 15) is 19.7 Å². The van der Waals surface area contributed by atoms with Gasteiger partial charge in [-0.15, -0.1) is 0 Å². The molecule has 0 aromatic heterocycles. The van der Waals surface area contributed by atoms with Crippen molar-refractivity contribution in [3.05, 3.63) is 63.7 Å². The molecule has 140 valence electrons. The van der Waals surface area contributed by atoms with E-state index in [-0.39, 0.29) is 18.0 Å². The third-order valence-electron chi connectivity index (χ3n) is 4.51. The van der Waals surface area contributed by atoms with E-state index in [1.54, 1.807) is 30.3 Å². The number of primary amides is 1. The molecule has 0 spiro atoms. The van der Waals surface area contributed by atoms with Gasteiger partial charge < -0.3 is 16.0 Å². The highest BCUT2D eigenvalue weighted by Gasteiger charge is 2.18. The summed E-state index contributed by atoms with van der Waals surface area (Å²) in [7, 11) is 0. The van der Waals surface area contributed by atoms with E-state index in [0.29, 0.717) is 16.8 Å². The maximum Gasteiger partial charge on any atom is 0.269 e. The van der Waals surface area contributed by atoms with Crippen LogP contribution < -0.4 is 16.0 Å². The van der Waals surface area contributed by atoms with E-state index in [2.05, 4.69) is 10.2 Å². The van der Waals surface area contributed by atoms with Gasteiger partial charge in [0.15, 0.2) is 0 Å². The maximum absolute atomic E-state index is 12.5. The number of hydrogen-bond acceptors (Lipinski definition) is 5. The topological polar surface area (TPSA) is 119 Å². The highest BCUT2D eigenvalue weighted by Crippen LogP contribution is 2.30. The molecule has 1 heterocycles. The number of anilines is 2. The predicted molar refractivity (Wildman–Crippen MR) is 102 cm³/mol. The molecule has 2 aromatic carbocycles. The van der Waals surface area contributed by atoms with Gasteiger partial charge in [-0.25, -0.2) is 0 Å². The Kier molecular flexibility index (Phi) is 5.35. The van der Waals surface area contributed by atoms with E-state index < -0.39 is 10.8 Å². The monoisotopic (exact) mass is 368 g/mol. The number of rotatable bonds is 6. The Labute approximate surface area is 156 Å². The van der Waals surface area contributed by atoms with Crippen LogP contribution in [0.25, 0.3) is 0 Å². The van der Waals surface area contributed by atoms with Gasteiger partial charge >= 0.3 is 0 Å². The SMILES string of the molecule is NC(=O)c1ccc(N2CCCC2)c(NC(=O)Cc2ccc([N+](=O)[O-])cc2)c1. The van der Waals surface area contributed by atoms with Crippen molar-refractivity contribution in [1.29, 1.82) is 0 Å². The first-order valence-corrected chi connectivity index (χ1v) is 8.66. The smallest absolute Gasteiger partial charge is 0.269 e. The normalized spacial score (nSPS) is 13.4. The van der Waals surface area contributed by atoms with Gasteiger partial charge in [-0.1, -0.05) is 12.1 Å². The fourth-order valence-electron chi connectivity index (χ4n) is 3.14. The fraction of sp³-hybridized carbons (Fsp3) is 0.263. The summed E-state index contributed by atoms with van der Waals surface area (Å²) in [6.07, 6.45) is 2.22. The van der Waals surface area contributed by atoms with Crippen LogP contribution in [-0.2, 0) is 11.2 Å². The second kappa shape index (κ2) is 7.86. The number of amides is 2. The zero-order chi connectivity index (χ0) is 19.4. The predicted octanol–water partition coefficient (Wildman–Crippen LogP) is 2.48. The Morgan fingerprint density at radius 1 is 1.11 bits per heavy atom. The lowest BCUT2D eigenvalue weighted by molar-refractivity contribution is -0.384. The molecule has 3 N–H and O–H groups in total. The van der Waals surface area contributed by atoms with Crippen LogP contribution in [0.3, 0.4) is 0 Å². The summed E-state index contributed by atoms with van der Waals surface area (Å²) >= 11 is 0. The van der Waals surface area contributed by atoms with Gasteiger partial charge in [-0.3, -0.25) is 19.7 Å². The number of nitro benzene ring substituents is 1. The molecular formula is C19H20N4O4. The molecule has 2 aromatic rings. The lowest BCUT2D eigenvalue weighted by Crippen LogP contribution is -2.22. The van der Waals surface area contributed by atoms with Crippen LogP contribution in [0.5, 0.6) is 0 Å². The van der Waals surface area contributed by atoms with E-state index in [0.717, 1.165) is 31.6 Å². The van der Waals surface area contributed by atoms with Crippen LogP contribution in [0.15, 0.2) is 42.5 Å². The first-order valence-electron chi connectivity index (χ1n) is 8.66. The van der Waals surface area contributed by atoms with Gasteiger partial charge in [-0.2, -0.15) is 0 Å². The minimum Gasteiger partial charge on any atom is -0.370 e. The van der Waals surface area contributed by atoms with Crippen molar-refractivity contribution < 1.29 is 14.5 Å². The van der Waals surface area contributed by atoms with E-state index in [4.69, 9.17) is 5.73 Å². The van der Waals surface area contributed by atoms with Gasteiger partial charge in [0, 0.05) is 30.8 Å². The van der Waals surface area contributed by atoms with Gasteiger partial charge in [-0.05, 0) is 36.6 Å². The first-order chi connectivity index (χ1) is 12.9. The second-order valence-corrected chi connectivity index (χ2v) is 6.44. The summed E-state index contributed by atoms with van der Waals surface area (Å²) in [4.78, 5) is 36.3. The number of nitro groups is 1. The van der Waals surface area contributed by atoms with Gasteiger partial charge in [0.05, 0.1) is 22.7 Å². The van der Waals surface area contributed by atoms with Gasteiger partial charge in [0.1, 0.15) is 0 Å². The van der Waals surface area contributed by atoms with Crippen molar-refractivity contribution >= 4 is 28.9 Å². The van der Waals surface area contributed by atoms with Crippen molar-refractivity contribution in [3.8, 4) is 0 Å². The number of carbonyl (C=O) groups is 2. The number of non-ortho nitro benzene ring substituents is 1. The molecule has 0 unspecified atom stereocenters. The maximum atomic E-state index is 12.5. The number of nitrogens with two attached hydrogens (primary N) is 1. The first kappa shape index (κ1) is 18.4. The Bertz CT molecular complexity index is 874. The molecule has 1 fully saturated rings. The number of benzene rings is 2. The average Bonchev–Trinajstić information content (AvgIpc) is 3.16. The van der Waals surface area contributed by atoms with Crippen molar-refractivity contribution in [2.24, 2.45) is 5.73 Å². The summed E-state index contributed by atoms with van der Waals surface area (Å²) < 4.78 is 0. The molecular weight excluding hydrogens is 348 g/mol. The molecule has 0 radical (unpaired) electrons. The van der Waals surface area contributed by atoms with Crippen molar-refractivity contribution in [3.63, 3.8) is 0 Å². The molecule has 0 bridgehead atoms. The molecule has 3 rings (SSSR count).